The lowest BCUT2D eigenvalue weighted by Gasteiger charge is -2.38. The summed E-state index contributed by atoms with van der Waals surface area (Å²) in [4.78, 5) is 28.4. The molecule has 1 fully saturated rings. The normalized spacial score (nSPS) is 17.4. The maximum absolute atomic E-state index is 13.1. The van der Waals surface area contributed by atoms with Crippen molar-refractivity contribution in [3.8, 4) is 0 Å². The second-order valence-corrected chi connectivity index (χ2v) is 13.8. The van der Waals surface area contributed by atoms with Gasteiger partial charge in [0, 0.05) is 31.4 Å². The molecule has 0 saturated carbocycles. The van der Waals surface area contributed by atoms with Gasteiger partial charge in [0.1, 0.15) is 5.60 Å². The van der Waals surface area contributed by atoms with Crippen LogP contribution in [0.3, 0.4) is 0 Å². The van der Waals surface area contributed by atoms with E-state index in [4.69, 9.17) is 4.74 Å². The lowest BCUT2D eigenvalue weighted by atomic mass is 9.94. The molecule has 0 radical (unpaired) electrons. The first-order valence-electron chi connectivity index (χ1n) is 14.2. The molecule has 220 valence electrons. The molecule has 2 aromatic carbocycles. The SMILES string of the molecule is CCC(C(=O)NC1CCN(C(C)CC(NC(=O)OC(C)(C)C)c2ccccc2)CC1)c1ccc(S(C)(=O)=O)cc1. The number of piperidine rings is 1. The largest absolute Gasteiger partial charge is 0.444 e. The van der Waals surface area contributed by atoms with Crippen molar-refractivity contribution in [2.45, 2.75) is 94.8 Å². The number of rotatable bonds is 10. The third-order valence-electron chi connectivity index (χ3n) is 7.40. The topological polar surface area (TPSA) is 105 Å². The Bertz CT molecular complexity index is 1220. The van der Waals surface area contributed by atoms with E-state index in [0.29, 0.717) is 6.42 Å². The molecule has 3 rings (SSSR count). The van der Waals surface area contributed by atoms with Crippen molar-refractivity contribution in [1.82, 2.24) is 15.5 Å². The molecule has 0 bridgehead atoms. The van der Waals surface area contributed by atoms with Gasteiger partial charge in [-0.3, -0.25) is 4.79 Å². The van der Waals surface area contributed by atoms with Crippen molar-refractivity contribution >= 4 is 21.8 Å². The molecule has 0 aliphatic carbocycles. The third kappa shape index (κ3) is 9.34. The van der Waals surface area contributed by atoms with E-state index < -0.39 is 21.5 Å². The number of sulfone groups is 1. The van der Waals surface area contributed by atoms with Gasteiger partial charge in [-0.1, -0.05) is 49.4 Å². The number of carbonyl (C=O) groups excluding carboxylic acids is 2. The summed E-state index contributed by atoms with van der Waals surface area (Å²) in [6.07, 6.45) is 3.81. The van der Waals surface area contributed by atoms with Crippen molar-refractivity contribution in [3.63, 3.8) is 0 Å². The van der Waals surface area contributed by atoms with Gasteiger partial charge in [-0.05, 0) is 76.6 Å². The van der Waals surface area contributed by atoms with Crippen LogP contribution in [0.15, 0.2) is 59.5 Å². The Balaban J connectivity index is 1.56. The first-order chi connectivity index (χ1) is 18.8. The smallest absolute Gasteiger partial charge is 0.408 e. The van der Waals surface area contributed by atoms with Gasteiger partial charge < -0.3 is 20.3 Å². The molecular weight excluding hydrogens is 526 g/mol. The zero-order valence-corrected chi connectivity index (χ0v) is 25.5. The van der Waals surface area contributed by atoms with Gasteiger partial charge in [0.25, 0.3) is 0 Å². The van der Waals surface area contributed by atoms with Crippen LogP contribution in [0, 0.1) is 0 Å². The average Bonchev–Trinajstić information content (AvgIpc) is 2.88. The molecule has 0 aromatic heterocycles. The molecule has 40 heavy (non-hydrogen) atoms. The summed E-state index contributed by atoms with van der Waals surface area (Å²) in [5.74, 6) is -0.345. The summed E-state index contributed by atoms with van der Waals surface area (Å²) in [5.41, 5.74) is 1.29. The Kier molecular flexibility index (Phi) is 10.8. The van der Waals surface area contributed by atoms with E-state index in [1.54, 1.807) is 24.3 Å². The Morgan fingerprint density at radius 3 is 2.12 bits per heavy atom. The Morgan fingerprint density at radius 1 is 1.00 bits per heavy atom. The van der Waals surface area contributed by atoms with Crippen molar-refractivity contribution in [1.29, 1.82) is 0 Å². The van der Waals surface area contributed by atoms with Crippen LogP contribution in [-0.4, -0.2) is 62.3 Å². The van der Waals surface area contributed by atoms with Crippen LogP contribution in [0.1, 0.15) is 83.4 Å². The number of hydrogen-bond donors (Lipinski definition) is 2. The molecule has 1 saturated heterocycles. The summed E-state index contributed by atoms with van der Waals surface area (Å²) < 4.78 is 29.1. The van der Waals surface area contributed by atoms with E-state index in [2.05, 4.69) is 22.5 Å². The molecule has 2 aromatic rings. The molecule has 3 atom stereocenters. The molecule has 8 nitrogen and oxygen atoms in total. The monoisotopic (exact) mass is 571 g/mol. The molecule has 9 heteroatoms. The molecule has 3 unspecified atom stereocenters. The molecule has 1 aliphatic rings. The first kappa shape index (κ1) is 31.6. The fourth-order valence-electron chi connectivity index (χ4n) is 5.21. The first-order valence-corrected chi connectivity index (χ1v) is 16.0. The number of ether oxygens (including phenoxy) is 1. The number of hydrogen-bond acceptors (Lipinski definition) is 6. The highest BCUT2D eigenvalue weighted by Gasteiger charge is 2.29. The van der Waals surface area contributed by atoms with Gasteiger partial charge in [-0.25, -0.2) is 13.2 Å². The number of carbonyl (C=O) groups is 2. The molecule has 0 spiro atoms. The highest BCUT2D eigenvalue weighted by atomic mass is 32.2. The second-order valence-electron chi connectivity index (χ2n) is 11.8. The number of nitrogens with zero attached hydrogens (tertiary/aromatic N) is 1. The minimum atomic E-state index is -3.28. The standard InChI is InChI=1S/C31H45N3O5S/c1-7-27(23-13-15-26(16-14-23)40(6,37)38)29(35)32-25-17-19-34(20-18-25)22(2)21-28(24-11-9-8-10-12-24)33-30(36)39-31(3,4)5/h8-16,22,25,27-28H,7,17-21H2,1-6H3,(H,32,35)(H,33,36). The highest BCUT2D eigenvalue weighted by molar-refractivity contribution is 7.90. The van der Waals surface area contributed by atoms with Crippen molar-refractivity contribution in [2.75, 3.05) is 19.3 Å². The van der Waals surface area contributed by atoms with E-state index in [1.807, 2.05) is 58.0 Å². The minimum absolute atomic E-state index is 0.0215. The van der Waals surface area contributed by atoms with Crippen molar-refractivity contribution in [3.05, 3.63) is 65.7 Å². The molecule has 1 aliphatic heterocycles. The zero-order valence-electron chi connectivity index (χ0n) is 24.6. The predicted octanol–water partition coefficient (Wildman–Crippen LogP) is 5.21. The number of benzene rings is 2. The Morgan fingerprint density at radius 2 is 1.60 bits per heavy atom. The van der Waals surface area contributed by atoms with Gasteiger partial charge in [0.2, 0.25) is 5.91 Å². The van der Waals surface area contributed by atoms with Gasteiger partial charge in [-0.15, -0.1) is 0 Å². The zero-order chi connectivity index (χ0) is 29.5. The molecule has 2 N–H and O–H groups in total. The fourth-order valence-corrected chi connectivity index (χ4v) is 5.84. The van der Waals surface area contributed by atoms with Crippen LogP contribution in [0.5, 0.6) is 0 Å². The van der Waals surface area contributed by atoms with Crippen LogP contribution < -0.4 is 10.6 Å². The number of alkyl carbamates (subject to hydrolysis) is 1. The summed E-state index contributed by atoms with van der Waals surface area (Å²) in [6.45, 7) is 11.4. The highest BCUT2D eigenvalue weighted by Crippen LogP contribution is 2.26. The summed E-state index contributed by atoms with van der Waals surface area (Å²) in [7, 11) is -3.28. The van der Waals surface area contributed by atoms with Gasteiger partial charge in [0.05, 0.1) is 16.9 Å². The number of nitrogens with one attached hydrogen (secondary N) is 2. The third-order valence-corrected chi connectivity index (χ3v) is 8.53. The van der Waals surface area contributed by atoms with Crippen LogP contribution in [0.25, 0.3) is 0 Å². The lowest BCUT2D eigenvalue weighted by Crippen LogP contribution is -2.49. The summed E-state index contributed by atoms with van der Waals surface area (Å²) >= 11 is 0. The van der Waals surface area contributed by atoms with Crippen molar-refractivity contribution in [2.24, 2.45) is 0 Å². The van der Waals surface area contributed by atoms with E-state index in [9.17, 15) is 18.0 Å². The maximum atomic E-state index is 13.1. The molecule has 2 amide bonds. The van der Waals surface area contributed by atoms with E-state index in [-0.39, 0.29) is 34.8 Å². The van der Waals surface area contributed by atoms with Crippen LogP contribution >= 0.6 is 0 Å². The Hall–Kier alpha value is -2.91. The maximum Gasteiger partial charge on any atom is 0.408 e. The number of likely N-dealkylation sites (tertiary alicyclic amines) is 1. The van der Waals surface area contributed by atoms with Crippen LogP contribution in [0.2, 0.25) is 0 Å². The molecular formula is C31H45N3O5S. The van der Waals surface area contributed by atoms with Gasteiger partial charge in [0.15, 0.2) is 9.84 Å². The summed E-state index contributed by atoms with van der Waals surface area (Å²) in [6, 6.07) is 16.7. The van der Waals surface area contributed by atoms with Crippen LogP contribution in [0.4, 0.5) is 4.79 Å². The van der Waals surface area contributed by atoms with E-state index >= 15 is 0 Å². The average molecular weight is 572 g/mol. The number of amides is 2. The van der Waals surface area contributed by atoms with Crippen LogP contribution in [-0.2, 0) is 19.4 Å². The minimum Gasteiger partial charge on any atom is -0.444 e. The Labute approximate surface area is 239 Å². The lowest BCUT2D eigenvalue weighted by molar-refractivity contribution is -0.123. The van der Waals surface area contributed by atoms with Gasteiger partial charge in [-0.2, -0.15) is 0 Å². The van der Waals surface area contributed by atoms with Crippen molar-refractivity contribution < 1.29 is 22.7 Å². The van der Waals surface area contributed by atoms with E-state index in [0.717, 1.165) is 43.5 Å². The van der Waals surface area contributed by atoms with E-state index in [1.165, 1.54) is 6.26 Å². The predicted molar refractivity (Wildman–Crippen MR) is 158 cm³/mol. The summed E-state index contributed by atoms with van der Waals surface area (Å²) in [5, 5.41) is 6.29. The van der Waals surface area contributed by atoms with Gasteiger partial charge >= 0.3 is 6.09 Å². The second kappa shape index (κ2) is 13.6. The quantitative estimate of drug-likeness (QED) is 0.406. The fraction of sp³-hybridized carbons (Fsp3) is 0.548. The molecule has 1 heterocycles.